The Balaban J connectivity index is 1.94. The molecule has 0 radical (unpaired) electrons. The highest BCUT2D eigenvalue weighted by molar-refractivity contribution is 5.57. The van der Waals surface area contributed by atoms with E-state index in [9.17, 15) is 0 Å². The average molecular weight is 273 g/mol. The molecule has 0 spiro atoms. The predicted octanol–water partition coefficient (Wildman–Crippen LogP) is 2.37. The van der Waals surface area contributed by atoms with Crippen LogP contribution in [0.5, 0.6) is 5.75 Å². The molecule has 0 aliphatic heterocycles. The van der Waals surface area contributed by atoms with Gasteiger partial charge in [-0.15, -0.1) is 0 Å². The van der Waals surface area contributed by atoms with E-state index in [-0.39, 0.29) is 0 Å². The number of nitrogens with one attached hydrogen (secondary N) is 1. The summed E-state index contributed by atoms with van der Waals surface area (Å²) in [4.78, 5) is 8.55. The Bertz CT molecular complexity index is 591. The van der Waals surface area contributed by atoms with Gasteiger partial charge in [-0.25, -0.2) is 14.6 Å². The molecule has 2 aromatic rings. The lowest BCUT2D eigenvalue weighted by atomic mass is 10.3. The Morgan fingerprint density at radius 2 is 2.25 bits per heavy atom. The minimum Gasteiger partial charge on any atom is -0.490 e. The van der Waals surface area contributed by atoms with Crippen LogP contribution >= 0.6 is 0 Å². The van der Waals surface area contributed by atoms with Crippen molar-refractivity contribution in [3.63, 3.8) is 0 Å². The average Bonchev–Trinajstić information content (AvgIpc) is 3.22. The second-order valence-corrected chi connectivity index (χ2v) is 4.97. The lowest BCUT2D eigenvalue weighted by Gasteiger charge is -2.12. The zero-order valence-corrected chi connectivity index (χ0v) is 11.8. The lowest BCUT2D eigenvalue weighted by Crippen LogP contribution is -2.09. The Kier molecular flexibility index (Phi) is 3.54. The molecule has 0 saturated heterocycles. The minimum atomic E-state index is 0.627. The molecular formula is C14H19N5O. The van der Waals surface area contributed by atoms with Crippen molar-refractivity contribution in [3.8, 4) is 11.6 Å². The molecule has 106 valence electrons. The van der Waals surface area contributed by atoms with Gasteiger partial charge in [-0.05, 0) is 25.3 Å². The summed E-state index contributed by atoms with van der Waals surface area (Å²) in [6.07, 6.45) is 6.97. The molecule has 1 saturated carbocycles. The van der Waals surface area contributed by atoms with Crippen molar-refractivity contribution in [1.82, 2.24) is 19.7 Å². The van der Waals surface area contributed by atoms with E-state index in [1.54, 1.807) is 11.8 Å². The van der Waals surface area contributed by atoms with Crippen molar-refractivity contribution < 1.29 is 4.74 Å². The van der Waals surface area contributed by atoms with E-state index in [4.69, 9.17) is 4.74 Å². The van der Waals surface area contributed by atoms with Gasteiger partial charge in [0.25, 0.3) is 0 Å². The highest BCUT2D eigenvalue weighted by Gasteiger charge is 2.26. The number of nitrogens with zero attached hydrogens (tertiary/aromatic N) is 4. The van der Waals surface area contributed by atoms with Gasteiger partial charge in [0.15, 0.2) is 5.82 Å². The number of methoxy groups -OCH3 is 1. The van der Waals surface area contributed by atoms with Crippen LogP contribution in [0.4, 0.5) is 5.82 Å². The molecule has 2 heterocycles. The molecule has 6 nitrogen and oxygen atoms in total. The van der Waals surface area contributed by atoms with E-state index in [2.05, 4.69) is 33.4 Å². The van der Waals surface area contributed by atoms with Crippen LogP contribution in [0.25, 0.3) is 5.82 Å². The van der Waals surface area contributed by atoms with Gasteiger partial charge in [-0.3, -0.25) is 0 Å². The molecule has 0 aromatic carbocycles. The normalized spacial score (nSPS) is 14.3. The number of aromatic nitrogens is 4. The Hall–Kier alpha value is -2.11. The van der Waals surface area contributed by atoms with E-state index in [1.165, 1.54) is 19.2 Å². The van der Waals surface area contributed by atoms with Crippen LogP contribution < -0.4 is 10.1 Å². The molecule has 1 fully saturated rings. The topological polar surface area (TPSA) is 64.9 Å². The number of anilines is 1. The van der Waals surface area contributed by atoms with Crippen LogP contribution in [0.2, 0.25) is 0 Å². The summed E-state index contributed by atoms with van der Waals surface area (Å²) in [6, 6.07) is 2.05. The fraction of sp³-hybridized carbons (Fsp3) is 0.500. The van der Waals surface area contributed by atoms with Crippen molar-refractivity contribution in [1.29, 1.82) is 0 Å². The van der Waals surface area contributed by atoms with Gasteiger partial charge in [0.05, 0.1) is 12.8 Å². The maximum atomic E-state index is 5.46. The zero-order valence-electron chi connectivity index (χ0n) is 11.8. The van der Waals surface area contributed by atoms with E-state index >= 15 is 0 Å². The Morgan fingerprint density at radius 3 is 2.95 bits per heavy atom. The molecule has 0 unspecified atom stereocenters. The van der Waals surface area contributed by atoms with Gasteiger partial charge in [0, 0.05) is 18.7 Å². The molecule has 0 amide bonds. The largest absolute Gasteiger partial charge is 0.490 e. The summed E-state index contributed by atoms with van der Waals surface area (Å²) < 4.78 is 7.23. The summed E-state index contributed by atoms with van der Waals surface area (Å²) in [6.45, 7) is 2.95. The maximum absolute atomic E-state index is 5.46. The smallest absolute Gasteiger partial charge is 0.206 e. The van der Waals surface area contributed by atoms with Crippen LogP contribution in [0, 0.1) is 0 Å². The van der Waals surface area contributed by atoms with Crippen LogP contribution in [-0.2, 0) is 0 Å². The highest BCUT2D eigenvalue weighted by Crippen LogP contribution is 2.39. The van der Waals surface area contributed by atoms with E-state index < -0.39 is 0 Å². The summed E-state index contributed by atoms with van der Waals surface area (Å²) >= 11 is 0. The van der Waals surface area contributed by atoms with Crippen molar-refractivity contribution in [2.24, 2.45) is 0 Å². The zero-order chi connectivity index (χ0) is 13.9. The molecule has 0 bridgehead atoms. The van der Waals surface area contributed by atoms with E-state index in [0.717, 1.165) is 18.7 Å². The van der Waals surface area contributed by atoms with Crippen molar-refractivity contribution in [2.75, 3.05) is 19.0 Å². The van der Waals surface area contributed by atoms with E-state index in [0.29, 0.717) is 23.3 Å². The van der Waals surface area contributed by atoms with Crippen LogP contribution in [0.15, 0.2) is 18.6 Å². The molecule has 6 heteroatoms. The van der Waals surface area contributed by atoms with Crippen molar-refractivity contribution in [2.45, 2.75) is 32.1 Å². The quantitative estimate of drug-likeness (QED) is 0.875. The third-order valence-electron chi connectivity index (χ3n) is 3.35. The monoisotopic (exact) mass is 273 g/mol. The Labute approximate surface area is 118 Å². The molecule has 20 heavy (non-hydrogen) atoms. The third kappa shape index (κ3) is 2.45. The molecule has 0 atom stereocenters. The summed E-state index contributed by atoms with van der Waals surface area (Å²) in [5, 5.41) is 7.84. The van der Waals surface area contributed by atoms with Crippen LogP contribution in [0.1, 0.15) is 37.8 Å². The number of hydrogen-bond donors (Lipinski definition) is 1. The van der Waals surface area contributed by atoms with Gasteiger partial charge < -0.3 is 10.1 Å². The van der Waals surface area contributed by atoms with Crippen molar-refractivity contribution in [3.05, 3.63) is 24.3 Å². The summed E-state index contributed by atoms with van der Waals surface area (Å²) in [5.41, 5.74) is 1.13. The molecule has 1 aliphatic rings. The SMILES string of the molecule is CCCNc1ncnc(-n2ccc(C3CC3)n2)c1OC. The first-order valence-electron chi connectivity index (χ1n) is 7.02. The molecule has 1 N–H and O–H groups in total. The predicted molar refractivity (Wildman–Crippen MR) is 76.5 cm³/mol. The van der Waals surface area contributed by atoms with Gasteiger partial charge >= 0.3 is 0 Å². The highest BCUT2D eigenvalue weighted by atomic mass is 16.5. The van der Waals surface area contributed by atoms with Gasteiger partial charge in [0.2, 0.25) is 11.6 Å². The first-order valence-corrected chi connectivity index (χ1v) is 7.02. The molecule has 1 aliphatic carbocycles. The van der Waals surface area contributed by atoms with Gasteiger partial charge in [0.1, 0.15) is 6.33 Å². The molecule has 3 rings (SSSR count). The lowest BCUT2D eigenvalue weighted by molar-refractivity contribution is 0.409. The van der Waals surface area contributed by atoms with Crippen LogP contribution in [-0.4, -0.2) is 33.4 Å². The summed E-state index contributed by atoms with van der Waals surface area (Å²) in [7, 11) is 1.63. The fourth-order valence-electron chi connectivity index (χ4n) is 2.14. The minimum absolute atomic E-state index is 0.627. The fourth-order valence-corrected chi connectivity index (χ4v) is 2.14. The first-order chi connectivity index (χ1) is 9.83. The first kappa shape index (κ1) is 12.9. The summed E-state index contributed by atoms with van der Waals surface area (Å²) in [5.74, 6) is 2.64. The molecule has 2 aromatic heterocycles. The third-order valence-corrected chi connectivity index (χ3v) is 3.35. The van der Waals surface area contributed by atoms with Crippen LogP contribution in [0.3, 0.4) is 0 Å². The van der Waals surface area contributed by atoms with Gasteiger partial charge in [-0.2, -0.15) is 5.10 Å². The van der Waals surface area contributed by atoms with E-state index in [1.807, 2.05) is 6.20 Å². The standard InChI is InChI=1S/C14H19N5O/c1-3-7-15-13-12(20-2)14(17-9-16-13)19-8-6-11(18-19)10-4-5-10/h6,8-10H,3-5,7H2,1-2H3,(H,15,16,17). The molecular weight excluding hydrogens is 254 g/mol. The second kappa shape index (κ2) is 5.48. The Morgan fingerprint density at radius 1 is 1.40 bits per heavy atom. The van der Waals surface area contributed by atoms with Gasteiger partial charge in [-0.1, -0.05) is 6.92 Å². The van der Waals surface area contributed by atoms with Crippen molar-refractivity contribution >= 4 is 5.82 Å². The number of rotatable bonds is 6. The maximum Gasteiger partial charge on any atom is 0.206 e. The number of ether oxygens (including phenoxy) is 1. The second-order valence-electron chi connectivity index (χ2n) is 4.97. The number of hydrogen-bond acceptors (Lipinski definition) is 5.